The van der Waals surface area contributed by atoms with E-state index in [-0.39, 0.29) is 5.75 Å². The van der Waals surface area contributed by atoms with Crippen LogP contribution in [-0.2, 0) is 9.84 Å². The monoisotopic (exact) mass is 358 g/mol. The van der Waals surface area contributed by atoms with Crippen LogP contribution in [0.3, 0.4) is 0 Å². The zero-order valence-corrected chi connectivity index (χ0v) is 16.5. The van der Waals surface area contributed by atoms with Gasteiger partial charge in [-0.25, -0.2) is 8.42 Å². The third-order valence-corrected chi connectivity index (χ3v) is 7.76. The van der Waals surface area contributed by atoms with Crippen LogP contribution in [0.4, 0.5) is 0 Å². The fraction of sp³-hybridized carbons (Fsp3) is 0.941. The van der Waals surface area contributed by atoms with Crippen LogP contribution in [0, 0.1) is 5.92 Å². The number of guanidine groups is 1. The van der Waals surface area contributed by atoms with Crippen molar-refractivity contribution < 1.29 is 8.42 Å². The average Bonchev–Trinajstić information content (AvgIpc) is 2.50. The standard InChI is InChI=1S/C17H34N4O2S/c1-15-7-5-9-20(13-15)10-6-8-19-16(18-4)21-11-12-24(22,23)17(2,3)14-21/h15H,5-14H2,1-4H3,(H,18,19). The van der Waals surface area contributed by atoms with Crippen molar-refractivity contribution in [3.63, 3.8) is 0 Å². The summed E-state index contributed by atoms with van der Waals surface area (Å²) in [6, 6.07) is 0. The van der Waals surface area contributed by atoms with Crippen LogP contribution in [0.1, 0.15) is 40.0 Å². The van der Waals surface area contributed by atoms with Crippen molar-refractivity contribution in [2.45, 2.75) is 44.8 Å². The van der Waals surface area contributed by atoms with Gasteiger partial charge in [0.15, 0.2) is 15.8 Å². The first kappa shape index (κ1) is 19.5. The summed E-state index contributed by atoms with van der Waals surface area (Å²) >= 11 is 0. The van der Waals surface area contributed by atoms with Gasteiger partial charge in [0.25, 0.3) is 0 Å². The van der Waals surface area contributed by atoms with Gasteiger partial charge in [0, 0.05) is 33.2 Å². The largest absolute Gasteiger partial charge is 0.356 e. The second-order valence-corrected chi connectivity index (χ2v) is 10.6. The lowest BCUT2D eigenvalue weighted by molar-refractivity contribution is 0.182. The van der Waals surface area contributed by atoms with Gasteiger partial charge in [-0.05, 0) is 52.1 Å². The lowest BCUT2D eigenvalue weighted by Gasteiger charge is -2.39. The van der Waals surface area contributed by atoms with E-state index in [0.29, 0.717) is 13.1 Å². The summed E-state index contributed by atoms with van der Waals surface area (Å²) in [5, 5.41) is 3.41. The van der Waals surface area contributed by atoms with E-state index in [1.807, 2.05) is 0 Å². The molecule has 1 N–H and O–H groups in total. The Morgan fingerprint density at radius 3 is 2.71 bits per heavy atom. The normalized spacial score (nSPS) is 27.9. The van der Waals surface area contributed by atoms with Crippen LogP contribution in [0.25, 0.3) is 0 Å². The SMILES string of the molecule is CN=C(NCCCN1CCCC(C)C1)N1CCS(=O)(=O)C(C)(C)C1. The van der Waals surface area contributed by atoms with Crippen LogP contribution in [0.2, 0.25) is 0 Å². The van der Waals surface area contributed by atoms with Crippen molar-refractivity contribution in [3.8, 4) is 0 Å². The minimum atomic E-state index is -3.01. The molecule has 0 aromatic rings. The average molecular weight is 359 g/mol. The highest BCUT2D eigenvalue weighted by Gasteiger charge is 2.40. The number of rotatable bonds is 4. The van der Waals surface area contributed by atoms with Crippen LogP contribution in [0.5, 0.6) is 0 Å². The van der Waals surface area contributed by atoms with Gasteiger partial charge in [-0.2, -0.15) is 0 Å². The molecule has 2 rings (SSSR count). The second-order valence-electron chi connectivity index (χ2n) is 7.88. The molecule has 0 amide bonds. The van der Waals surface area contributed by atoms with Gasteiger partial charge in [-0.3, -0.25) is 4.99 Å². The third kappa shape index (κ3) is 4.85. The number of nitrogens with zero attached hydrogens (tertiary/aromatic N) is 3. The summed E-state index contributed by atoms with van der Waals surface area (Å²) in [6.07, 6.45) is 3.75. The van der Waals surface area contributed by atoms with Crippen LogP contribution >= 0.6 is 0 Å². The summed E-state index contributed by atoms with van der Waals surface area (Å²) in [5.41, 5.74) is 0. The maximum absolute atomic E-state index is 12.1. The number of nitrogens with one attached hydrogen (secondary N) is 1. The Morgan fingerprint density at radius 2 is 2.08 bits per heavy atom. The first-order chi connectivity index (χ1) is 11.2. The highest BCUT2D eigenvalue weighted by molar-refractivity contribution is 7.92. The lowest BCUT2D eigenvalue weighted by atomic mass is 10.0. The molecule has 0 aromatic carbocycles. The first-order valence-corrected chi connectivity index (χ1v) is 10.8. The van der Waals surface area contributed by atoms with Crippen molar-refractivity contribution in [1.82, 2.24) is 15.1 Å². The number of piperidine rings is 1. The molecule has 0 aliphatic carbocycles. The van der Waals surface area contributed by atoms with E-state index in [1.54, 1.807) is 20.9 Å². The molecule has 0 aromatic heterocycles. The molecule has 1 unspecified atom stereocenters. The molecule has 140 valence electrons. The molecular weight excluding hydrogens is 324 g/mol. The highest BCUT2D eigenvalue weighted by atomic mass is 32.2. The van der Waals surface area contributed by atoms with E-state index < -0.39 is 14.6 Å². The van der Waals surface area contributed by atoms with Crippen molar-refractivity contribution in [3.05, 3.63) is 0 Å². The van der Waals surface area contributed by atoms with E-state index in [1.165, 1.54) is 25.9 Å². The van der Waals surface area contributed by atoms with Crippen molar-refractivity contribution in [2.24, 2.45) is 10.9 Å². The number of aliphatic imine (C=N–C) groups is 1. The lowest BCUT2D eigenvalue weighted by Crippen LogP contribution is -2.57. The quantitative estimate of drug-likeness (QED) is 0.465. The van der Waals surface area contributed by atoms with Crippen molar-refractivity contribution in [2.75, 3.05) is 52.1 Å². The predicted octanol–water partition coefficient (Wildman–Crippen LogP) is 1.19. The molecular formula is C17H34N4O2S. The molecule has 24 heavy (non-hydrogen) atoms. The Bertz CT molecular complexity index is 545. The number of likely N-dealkylation sites (tertiary alicyclic amines) is 1. The van der Waals surface area contributed by atoms with E-state index in [2.05, 4.69) is 27.0 Å². The number of sulfone groups is 1. The van der Waals surface area contributed by atoms with E-state index in [4.69, 9.17) is 0 Å². The van der Waals surface area contributed by atoms with Crippen LogP contribution in [-0.4, -0.2) is 81.0 Å². The van der Waals surface area contributed by atoms with Crippen molar-refractivity contribution in [1.29, 1.82) is 0 Å². The fourth-order valence-corrected chi connectivity index (χ4v) is 5.02. The van der Waals surface area contributed by atoms with E-state index in [0.717, 1.165) is 31.4 Å². The molecule has 0 radical (unpaired) electrons. The summed E-state index contributed by atoms with van der Waals surface area (Å²) in [5.74, 6) is 1.84. The van der Waals surface area contributed by atoms with Crippen molar-refractivity contribution >= 4 is 15.8 Å². The van der Waals surface area contributed by atoms with Gasteiger partial charge >= 0.3 is 0 Å². The molecule has 2 heterocycles. The molecule has 6 nitrogen and oxygen atoms in total. The summed E-state index contributed by atoms with van der Waals surface area (Å²) < 4.78 is 23.5. The van der Waals surface area contributed by atoms with E-state index in [9.17, 15) is 8.42 Å². The summed E-state index contributed by atoms with van der Waals surface area (Å²) in [7, 11) is -1.24. The number of hydrogen-bond acceptors (Lipinski definition) is 4. The predicted molar refractivity (Wildman–Crippen MR) is 100 cm³/mol. The molecule has 2 aliphatic heterocycles. The minimum absolute atomic E-state index is 0.201. The molecule has 2 saturated heterocycles. The topological polar surface area (TPSA) is 65.0 Å². The molecule has 2 aliphatic rings. The van der Waals surface area contributed by atoms with Gasteiger partial charge in [0.05, 0.1) is 10.5 Å². The third-order valence-electron chi connectivity index (χ3n) is 5.23. The molecule has 7 heteroatoms. The Labute approximate surface area is 147 Å². The van der Waals surface area contributed by atoms with E-state index >= 15 is 0 Å². The molecule has 0 bridgehead atoms. The maximum Gasteiger partial charge on any atom is 0.193 e. The Kier molecular flexibility index (Phi) is 6.53. The number of hydrogen-bond donors (Lipinski definition) is 1. The maximum atomic E-state index is 12.1. The second kappa shape index (κ2) is 8.04. The summed E-state index contributed by atoms with van der Waals surface area (Å²) in [4.78, 5) is 8.97. The smallest absolute Gasteiger partial charge is 0.193 e. The van der Waals surface area contributed by atoms with Crippen LogP contribution < -0.4 is 5.32 Å². The fourth-order valence-electron chi connectivity index (χ4n) is 3.65. The summed E-state index contributed by atoms with van der Waals surface area (Å²) in [6.45, 7) is 11.4. The minimum Gasteiger partial charge on any atom is -0.356 e. The Morgan fingerprint density at radius 1 is 1.33 bits per heavy atom. The van der Waals surface area contributed by atoms with Gasteiger partial charge in [-0.1, -0.05) is 6.92 Å². The Balaban J connectivity index is 1.77. The molecule has 2 fully saturated rings. The highest BCUT2D eigenvalue weighted by Crippen LogP contribution is 2.23. The Hall–Kier alpha value is -0.820. The zero-order chi connectivity index (χ0) is 17.8. The molecule has 0 saturated carbocycles. The van der Waals surface area contributed by atoms with Gasteiger partial charge in [0.1, 0.15) is 0 Å². The van der Waals surface area contributed by atoms with Gasteiger partial charge in [0.2, 0.25) is 0 Å². The van der Waals surface area contributed by atoms with Gasteiger partial charge in [-0.15, -0.1) is 0 Å². The molecule has 1 atom stereocenters. The zero-order valence-electron chi connectivity index (χ0n) is 15.7. The first-order valence-electron chi connectivity index (χ1n) is 9.15. The molecule has 0 spiro atoms. The van der Waals surface area contributed by atoms with Crippen LogP contribution in [0.15, 0.2) is 4.99 Å². The van der Waals surface area contributed by atoms with Gasteiger partial charge < -0.3 is 15.1 Å².